The highest BCUT2D eigenvalue weighted by atomic mass is 16.5. The molecule has 2 aliphatic rings. The molecule has 1 saturated carbocycles. The molecule has 1 saturated heterocycles. The maximum atomic E-state index is 12.7. The van der Waals surface area contributed by atoms with Crippen LogP contribution in [0.1, 0.15) is 31.5 Å². The number of hydrogen-bond donors (Lipinski definition) is 1. The van der Waals surface area contributed by atoms with Gasteiger partial charge in [0, 0.05) is 32.1 Å². The van der Waals surface area contributed by atoms with Gasteiger partial charge in [0.2, 0.25) is 0 Å². The van der Waals surface area contributed by atoms with Gasteiger partial charge in [-0.15, -0.1) is 15.3 Å². The van der Waals surface area contributed by atoms with Crippen LogP contribution >= 0.6 is 0 Å². The topological polar surface area (TPSA) is 87.9 Å². The largest absolute Gasteiger partial charge is 0.492 e. The number of nitrogens with zero attached hydrogens (tertiary/aromatic N) is 6. The summed E-state index contributed by atoms with van der Waals surface area (Å²) in [5, 5.41) is 16.3. The Balaban J connectivity index is 1.24. The van der Waals surface area contributed by atoms with Crippen LogP contribution < -0.4 is 15.0 Å². The molecule has 30 heavy (non-hydrogen) atoms. The van der Waals surface area contributed by atoms with Gasteiger partial charge in [0.25, 0.3) is 0 Å². The first-order valence-corrected chi connectivity index (χ1v) is 10.5. The Hall–Kier alpha value is -3.36. The molecule has 9 nitrogen and oxygen atoms in total. The summed E-state index contributed by atoms with van der Waals surface area (Å²) in [4.78, 5) is 16.8. The fourth-order valence-electron chi connectivity index (χ4n) is 3.74. The lowest BCUT2D eigenvalue weighted by molar-refractivity contribution is 0.208. The van der Waals surface area contributed by atoms with Gasteiger partial charge < -0.3 is 19.9 Å². The highest BCUT2D eigenvalue weighted by Crippen LogP contribution is 2.38. The van der Waals surface area contributed by atoms with E-state index in [4.69, 9.17) is 9.84 Å². The van der Waals surface area contributed by atoms with Gasteiger partial charge in [0.05, 0.1) is 12.3 Å². The Morgan fingerprint density at radius 3 is 2.67 bits per heavy atom. The standard InChI is InChI=1S/C21H25N7O2/c1-2-30-17-6-4-3-5-16(17)22-21(29)27-13-11-26(12-14-27)19-10-9-18-23-24-20(15-7-8-15)28(18)25-19/h3-6,9-10,15H,2,7-8,11-14H2,1H3,(H,22,29). The van der Waals surface area contributed by atoms with E-state index >= 15 is 0 Å². The lowest BCUT2D eigenvalue weighted by Gasteiger charge is -2.35. The van der Waals surface area contributed by atoms with Crippen molar-refractivity contribution in [3.8, 4) is 5.75 Å². The van der Waals surface area contributed by atoms with Crippen LogP contribution in [-0.2, 0) is 0 Å². The van der Waals surface area contributed by atoms with E-state index in [0.717, 1.165) is 43.2 Å². The Bertz CT molecular complexity index is 1050. The quantitative estimate of drug-likeness (QED) is 0.700. The second-order valence-corrected chi connectivity index (χ2v) is 7.63. The predicted molar refractivity (Wildman–Crippen MR) is 113 cm³/mol. The number of aromatic nitrogens is 4. The van der Waals surface area contributed by atoms with Crippen molar-refractivity contribution >= 4 is 23.2 Å². The normalized spacial score (nSPS) is 16.7. The van der Waals surface area contributed by atoms with Crippen molar-refractivity contribution in [3.05, 3.63) is 42.2 Å². The van der Waals surface area contributed by atoms with E-state index in [1.165, 1.54) is 0 Å². The Morgan fingerprint density at radius 2 is 1.90 bits per heavy atom. The lowest BCUT2D eigenvalue weighted by Crippen LogP contribution is -2.50. The number of carbonyl (C=O) groups is 1. The van der Waals surface area contributed by atoms with E-state index in [-0.39, 0.29) is 6.03 Å². The number of amides is 2. The monoisotopic (exact) mass is 407 g/mol. The van der Waals surface area contributed by atoms with Gasteiger partial charge in [-0.2, -0.15) is 4.52 Å². The molecule has 0 unspecified atom stereocenters. The molecule has 2 amide bonds. The van der Waals surface area contributed by atoms with Crippen LogP contribution in [0.4, 0.5) is 16.3 Å². The summed E-state index contributed by atoms with van der Waals surface area (Å²) in [6, 6.07) is 11.3. The molecule has 0 radical (unpaired) electrons. The number of piperazine rings is 1. The third-order valence-corrected chi connectivity index (χ3v) is 5.53. The Kier molecular flexibility index (Phi) is 4.86. The minimum absolute atomic E-state index is 0.111. The van der Waals surface area contributed by atoms with Crippen LogP contribution in [0, 0.1) is 0 Å². The number of carbonyl (C=O) groups excluding carboxylic acids is 1. The number of urea groups is 1. The van der Waals surface area contributed by atoms with E-state index in [2.05, 4.69) is 20.4 Å². The first kappa shape index (κ1) is 18.7. The molecule has 1 aliphatic heterocycles. The molecule has 3 heterocycles. The van der Waals surface area contributed by atoms with Crippen LogP contribution in [0.15, 0.2) is 36.4 Å². The fraction of sp³-hybridized carbons (Fsp3) is 0.429. The van der Waals surface area contributed by atoms with Crippen molar-refractivity contribution in [2.75, 3.05) is 43.0 Å². The molecule has 3 aromatic rings. The maximum Gasteiger partial charge on any atom is 0.322 e. The first-order valence-electron chi connectivity index (χ1n) is 10.5. The second-order valence-electron chi connectivity index (χ2n) is 7.63. The average molecular weight is 407 g/mol. The number of hydrogen-bond acceptors (Lipinski definition) is 6. The highest BCUT2D eigenvalue weighted by molar-refractivity contribution is 5.91. The third-order valence-electron chi connectivity index (χ3n) is 5.53. The SMILES string of the molecule is CCOc1ccccc1NC(=O)N1CCN(c2ccc3nnc(C4CC4)n3n2)CC1. The summed E-state index contributed by atoms with van der Waals surface area (Å²) in [6.45, 7) is 5.17. The number of fused-ring (bicyclic) bond motifs is 1. The molecule has 1 aromatic carbocycles. The molecule has 5 rings (SSSR count). The van der Waals surface area contributed by atoms with Crippen molar-refractivity contribution in [3.63, 3.8) is 0 Å². The van der Waals surface area contributed by atoms with Crippen LogP contribution in [0.2, 0.25) is 0 Å². The maximum absolute atomic E-state index is 12.7. The highest BCUT2D eigenvalue weighted by Gasteiger charge is 2.30. The molecule has 0 bridgehead atoms. The van der Waals surface area contributed by atoms with Gasteiger partial charge in [-0.25, -0.2) is 4.79 Å². The van der Waals surface area contributed by atoms with E-state index in [1.807, 2.05) is 52.7 Å². The number of para-hydroxylation sites is 2. The molecule has 1 N–H and O–H groups in total. The zero-order valence-corrected chi connectivity index (χ0v) is 17.0. The molecular formula is C21H25N7O2. The second kappa shape index (κ2) is 7.81. The minimum atomic E-state index is -0.111. The number of anilines is 2. The Morgan fingerprint density at radius 1 is 1.10 bits per heavy atom. The van der Waals surface area contributed by atoms with Gasteiger partial charge in [0.15, 0.2) is 11.5 Å². The predicted octanol–water partition coefficient (Wildman–Crippen LogP) is 2.75. The minimum Gasteiger partial charge on any atom is -0.492 e. The summed E-state index contributed by atoms with van der Waals surface area (Å²) < 4.78 is 7.47. The molecule has 2 fully saturated rings. The molecule has 156 valence electrons. The van der Waals surface area contributed by atoms with Gasteiger partial charge in [0.1, 0.15) is 11.6 Å². The number of ether oxygens (including phenoxy) is 1. The molecule has 2 aromatic heterocycles. The van der Waals surface area contributed by atoms with Crippen molar-refractivity contribution in [1.82, 2.24) is 24.7 Å². The van der Waals surface area contributed by atoms with Crippen LogP contribution in [0.3, 0.4) is 0 Å². The lowest BCUT2D eigenvalue weighted by atomic mass is 10.3. The molecule has 0 spiro atoms. The fourth-order valence-corrected chi connectivity index (χ4v) is 3.74. The van der Waals surface area contributed by atoms with Gasteiger partial charge in [-0.1, -0.05) is 12.1 Å². The summed E-state index contributed by atoms with van der Waals surface area (Å²) in [5.74, 6) is 3.02. The molecular weight excluding hydrogens is 382 g/mol. The van der Waals surface area contributed by atoms with Crippen LogP contribution in [0.5, 0.6) is 5.75 Å². The average Bonchev–Trinajstić information content (AvgIpc) is 3.54. The number of rotatable bonds is 5. The molecule has 0 atom stereocenters. The van der Waals surface area contributed by atoms with E-state index in [9.17, 15) is 4.79 Å². The van der Waals surface area contributed by atoms with Gasteiger partial charge in [-0.3, -0.25) is 0 Å². The molecule has 9 heteroatoms. The summed E-state index contributed by atoms with van der Waals surface area (Å²) in [7, 11) is 0. The smallest absolute Gasteiger partial charge is 0.322 e. The van der Waals surface area contributed by atoms with Gasteiger partial charge >= 0.3 is 6.03 Å². The number of nitrogens with one attached hydrogen (secondary N) is 1. The van der Waals surface area contributed by atoms with Crippen molar-refractivity contribution in [2.24, 2.45) is 0 Å². The summed E-state index contributed by atoms with van der Waals surface area (Å²) in [6.07, 6.45) is 2.32. The van der Waals surface area contributed by atoms with E-state index in [0.29, 0.717) is 37.1 Å². The third kappa shape index (κ3) is 3.62. The van der Waals surface area contributed by atoms with Crippen LogP contribution in [0.25, 0.3) is 5.65 Å². The van der Waals surface area contributed by atoms with Crippen molar-refractivity contribution in [2.45, 2.75) is 25.7 Å². The first-order chi connectivity index (χ1) is 14.7. The van der Waals surface area contributed by atoms with Crippen molar-refractivity contribution in [1.29, 1.82) is 0 Å². The zero-order chi connectivity index (χ0) is 20.5. The molecule has 1 aliphatic carbocycles. The number of benzene rings is 1. The van der Waals surface area contributed by atoms with Gasteiger partial charge in [-0.05, 0) is 44.0 Å². The zero-order valence-electron chi connectivity index (χ0n) is 17.0. The van der Waals surface area contributed by atoms with Crippen molar-refractivity contribution < 1.29 is 9.53 Å². The summed E-state index contributed by atoms with van der Waals surface area (Å²) in [5.41, 5.74) is 1.48. The van der Waals surface area contributed by atoms with Crippen LogP contribution in [-0.4, -0.2) is 63.5 Å². The Labute approximate surface area is 174 Å². The van der Waals surface area contributed by atoms with E-state index < -0.39 is 0 Å². The van der Waals surface area contributed by atoms with E-state index in [1.54, 1.807) is 0 Å². The summed E-state index contributed by atoms with van der Waals surface area (Å²) >= 11 is 0.